The van der Waals surface area contributed by atoms with Gasteiger partial charge in [0.25, 0.3) is 5.91 Å². The van der Waals surface area contributed by atoms with E-state index in [1.807, 2.05) is 0 Å². The number of benzene rings is 3. The van der Waals surface area contributed by atoms with Crippen molar-refractivity contribution in [3.8, 4) is 5.75 Å². The molecule has 0 aliphatic carbocycles. The first kappa shape index (κ1) is 20.1. The number of halogens is 2. The lowest BCUT2D eigenvalue weighted by molar-refractivity contribution is -0.128. The van der Waals surface area contributed by atoms with Gasteiger partial charge < -0.3 is 4.74 Å². The van der Waals surface area contributed by atoms with E-state index < -0.39 is 11.9 Å². The van der Waals surface area contributed by atoms with Crippen LogP contribution in [0.2, 0.25) is 0 Å². The third-order valence-corrected chi connectivity index (χ3v) is 5.53. The molecule has 4 rings (SSSR count). The average molecular weight is 469 g/mol. The summed E-state index contributed by atoms with van der Waals surface area (Å²) in [6.07, 6.45) is 0. The smallest absolute Gasteiger partial charge is 0.255 e. The molecule has 1 fully saturated rings. The maximum atomic E-state index is 14.4. The Morgan fingerprint density at radius 1 is 0.967 bits per heavy atom. The van der Waals surface area contributed by atoms with E-state index >= 15 is 0 Å². The molecular formula is C23H18BrFN2O3. The molecule has 0 unspecified atom stereocenters. The largest absolute Gasteiger partial charge is 0.497 e. The van der Waals surface area contributed by atoms with Crippen molar-refractivity contribution in [2.24, 2.45) is 0 Å². The summed E-state index contributed by atoms with van der Waals surface area (Å²) in [5, 5.41) is 0. The molecule has 0 aromatic heterocycles. The number of hydrogen-bond donors (Lipinski definition) is 0. The van der Waals surface area contributed by atoms with Gasteiger partial charge in [0.2, 0.25) is 5.91 Å². The Morgan fingerprint density at radius 3 is 2.27 bits per heavy atom. The zero-order valence-electron chi connectivity index (χ0n) is 16.1. The van der Waals surface area contributed by atoms with Crippen LogP contribution in [0.4, 0.5) is 15.8 Å². The lowest BCUT2D eigenvalue weighted by Gasteiger charge is -2.40. The SMILES string of the molecule is COc1ccc([C@@H]2C(=O)N(c3ccccc3F)CC(=O)N2c2ccc(Br)cc2)cc1. The van der Waals surface area contributed by atoms with Crippen LogP contribution in [0.3, 0.4) is 0 Å². The second kappa shape index (κ2) is 8.28. The summed E-state index contributed by atoms with van der Waals surface area (Å²) in [6.45, 7) is -0.248. The van der Waals surface area contributed by atoms with E-state index in [9.17, 15) is 14.0 Å². The van der Waals surface area contributed by atoms with Gasteiger partial charge in [0.1, 0.15) is 24.2 Å². The minimum absolute atomic E-state index is 0.0878. The average Bonchev–Trinajstić information content (AvgIpc) is 2.76. The molecule has 2 amide bonds. The summed E-state index contributed by atoms with van der Waals surface area (Å²) in [5.41, 5.74) is 1.29. The Kier molecular flexibility index (Phi) is 5.55. The summed E-state index contributed by atoms with van der Waals surface area (Å²) in [4.78, 5) is 29.4. The van der Waals surface area contributed by atoms with Crippen LogP contribution < -0.4 is 14.5 Å². The molecule has 30 heavy (non-hydrogen) atoms. The van der Waals surface area contributed by atoms with E-state index in [4.69, 9.17) is 4.74 Å². The molecule has 152 valence electrons. The number of methoxy groups -OCH3 is 1. The summed E-state index contributed by atoms with van der Waals surface area (Å²) in [6, 6.07) is 19.1. The Morgan fingerprint density at radius 2 is 1.63 bits per heavy atom. The van der Waals surface area contributed by atoms with Gasteiger partial charge in [-0.2, -0.15) is 0 Å². The summed E-state index contributed by atoms with van der Waals surface area (Å²) >= 11 is 3.39. The molecule has 0 N–H and O–H groups in total. The van der Waals surface area contributed by atoms with Crippen LogP contribution in [-0.2, 0) is 9.59 Å². The predicted molar refractivity (Wildman–Crippen MR) is 116 cm³/mol. The minimum atomic E-state index is -0.932. The molecule has 1 aliphatic heterocycles. The number of carbonyl (C=O) groups excluding carboxylic acids is 2. The molecule has 0 saturated carbocycles. The molecular weight excluding hydrogens is 451 g/mol. The van der Waals surface area contributed by atoms with Crippen LogP contribution in [0.25, 0.3) is 0 Å². The summed E-state index contributed by atoms with van der Waals surface area (Å²) in [7, 11) is 1.55. The van der Waals surface area contributed by atoms with Gasteiger partial charge in [-0.15, -0.1) is 0 Å². The van der Waals surface area contributed by atoms with E-state index in [1.165, 1.54) is 21.9 Å². The van der Waals surface area contributed by atoms with Crippen molar-refractivity contribution < 1.29 is 18.7 Å². The number of carbonyl (C=O) groups is 2. The maximum absolute atomic E-state index is 14.4. The van der Waals surface area contributed by atoms with Crippen molar-refractivity contribution in [1.82, 2.24) is 0 Å². The Bertz CT molecular complexity index is 1090. The highest BCUT2D eigenvalue weighted by atomic mass is 79.9. The van der Waals surface area contributed by atoms with E-state index in [1.54, 1.807) is 67.8 Å². The number of piperazine rings is 1. The molecule has 1 atom stereocenters. The van der Waals surface area contributed by atoms with Crippen LogP contribution in [-0.4, -0.2) is 25.5 Å². The molecule has 1 aliphatic rings. The van der Waals surface area contributed by atoms with Crippen molar-refractivity contribution in [1.29, 1.82) is 0 Å². The summed E-state index contributed by atoms with van der Waals surface area (Å²) in [5.74, 6) is -0.604. The Balaban J connectivity index is 1.82. The molecule has 5 nitrogen and oxygen atoms in total. The lowest BCUT2D eigenvalue weighted by Crippen LogP contribution is -2.56. The first-order valence-electron chi connectivity index (χ1n) is 9.27. The monoisotopic (exact) mass is 468 g/mol. The molecule has 3 aromatic carbocycles. The third kappa shape index (κ3) is 3.68. The molecule has 3 aromatic rings. The van der Waals surface area contributed by atoms with E-state index in [-0.39, 0.29) is 24.0 Å². The number of anilines is 2. The maximum Gasteiger partial charge on any atom is 0.255 e. The van der Waals surface area contributed by atoms with Crippen molar-refractivity contribution in [2.75, 3.05) is 23.5 Å². The first-order chi connectivity index (χ1) is 14.5. The van der Waals surface area contributed by atoms with Crippen molar-refractivity contribution in [2.45, 2.75) is 6.04 Å². The van der Waals surface area contributed by atoms with Gasteiger partial charge >= 0.3 is 0 Å². The topological polar surface area (TPSA) is 49.9 Å². The zero-order valence-corrected chi connectivity index (χ0v) is 17.7. The van der Waals surface area contributed by atoms with E-state index in [2.05, 4.69) is 15.9 Å². The fraction of sp³-hybridized carbons (Fsp3) is 0.130. The van der Waals surface area contributed by atoms with Gasteiger partial charge in [0, 0.05) is 10.2 Å². The van der Waals surface area contributed by atoms with Crippen molar-refractivity contribution >= 4 is 39.1 Å². The molecule has 0 radical (unpaired) electrons. The molecule has 0 spiro atoms. The van der Waals surface area contributed by atoms with E-state index in [0.29, 0.717) is 17.0 Å². The van der Waals surface area contributed by atoms with Gasteiger partial charge in [-0.3, -0.25) is 19.4 Å². The van der Waals surface area contributed by atoms with Crippen LogP contribution in [0.5, 0.6) is 5.75 Å². The van der Waals surface area contributed by atoms with Crippen molar-refractivity contribution in [3.63, 3.8) is 0 Å². The van der Waals surface area contributed by atoms with Gasteiger partial charge in [0.05, 0.1) is 12.8 Å². The Labute approximate surface area is 181 Å². The number of amides is 2. The molecule has 7 heteroatoms. The number of para-hydroxylation sites is 1. The Hall–Kier alpha value is -3.19. The zero-order chi connectivity index (χ0) is 21.3. The van der Waals surface area contributed by atoms with Crippen LogP contribution in [0.1, 0.15) is 11.6 Å². The van der Waals surface area contributed by atoms with Gasteiger partial charge in [-0.05, 0) is 54.1 Å². The molecule has 1 heterocycles. The van der Waals surface area contributed by atoms with Crippen LogP contribution in [0.15, 0.2) is 77.3 Å². The quantitative estimate of drug-likeness (QED) is 0.556. The number of hydrogen-bond acceptors (Lipinski definition) is 3. The number of rotatable bonds is 4. The van der Waals surface area contributed by atoms with E-state index in [0.717, 1.165) is 4.47 Å². The standard InChI is InChI=1S/C23H18BrFN2O3/c1-30-18-12-6-15(7-13-18)22-23(29)26(20-5-3-2-4-19(20)25)14-21(28)27(22)17-10-8-16(24)9-11-17/h2-13,22H,14H2,1H3/t22-/m1/s1. The fourth-order valence-corrected chi connectivity index (χ4v) is 3.80. The number of nitrogens with zero attached hydrogens (tertiary/aromatic N) is 2. The predicted octanol–water partition coefficient (Wildman–Crippen LogP) is 4.72. The highest BCUT2D eigenvalue weighted by molar-refractivity contribution is 9.10. The van der Waals surface area contributed by atoms with Gasteiger partial charge in [-0.1, -0.05) is 40.2 Å². The molecule has 0 bridgehead atoms. The minimum Gasteiger partial charge on any atom is -0.497 e. The van der Waals surface area contributed by atoms with Crippen LogP contribution in [0, 0.1) is 5.82 Å². The van der Waals surface area contributed by atoms with Crippen molar-refractivity contribution in [3.05, 3.63) is 88.6 Å². The second-order valence-corrected chi connectivity index (χ2v) is 7.71. The highest BCUT2D eigenvalue weighted by Crippen LogP contribution is 2.36. The number of ether oxygens (including phenoxy) is 1. The highest BCUT2D eigenvalue weighted by Gasteiger charge is 2.42. The first-order valence-corrected chi connectivity index (χ1v) is 10.1. The van der Waals surface area contributed by atoms with Crippen LogP contribution >= 0.6 is 15.9 Å². The van der Waals surface area contributed by atoms with Gasteiger partial charge in [0.15, 0.2) is 0 Å². The molecule has 1 saturated heterocycles. The lowest BCUT2D eigenvalue weighted by atomic mass is 9.99. The normalized spacial score (nSPS) is 16.7. The fourth-order valence-electron chi connectivity index (χ4n) is 3.54. The third-order valence-electron chi connectivity index (χ3n) is 5.00. The van der Waals surface area contributed by atoms with Gasteiger partial charge in [-0.25, -0.2) is 4.39 Å². The summed E-state index contributed by atoms with van der Waals surface area (Å²) < 4.78 is 20.5. The second-order valence-electron chi connectivity index (χ2n) is 6.79.